The van der Waals surface area contributed by atoms with Gasteiger partial charge in [-0.3, -0.25) is 0 Å². The molecule has 14 heavy (non-hydrogen) atoms. The molecule has 0 bridgehead atoms. The predicted molar refractivity (Wildman–Crippen MR) is 60.1 cm³/mol. The maximum Gasteiger partial charge on any atom is 0.0936 e. The molecule has 1 aromatic carbocycles. The molecule has 0 aliphatic carbocycles. The molecule has 0 heterocycles. The summed E-state index contributed by atoms with van der Waals surface area (Å²) < 4.78 is 0. The van der Waals surface area contributed by atoms with Crippen LogP contribution in [0.15, 0.2) is 29.2 Å². The molecule has 1 atom stereocenters. The fourth-order valence-electron chi connectivity index (χ4n) is 1.08. The normalized spacial score (nSPS) is 12.1. The van der Waals surface area contributed by atoms with Gasteiger partial charge in [-0.15, -0.1) is 11.8 Å². The summed E-state index contributed by atoms with van der Waals surface area (Å²) in [5, 5.41) is 8.50. The van der Waals surface area contributed by atoms with Crippen LogP contribution in [0, 0.1) is 18.3 Å². The van der Waals surface area contributed by atoms with Crippen molar-refractivity contribution in [1.29, 1.82) is 5.26 Å². The van der Waals surface area contributed by atoms with Crippen LogP contribution in [0.25, 0.3) is 0 Å². The van der Waals surface area contributed by atoms with Gasteiger partial charge in [0.15, 0.2) is 0 Å². The highest BCUT2D eigenvalue weighted by Crippen LogP contribution is 2.22. The standard InChI is InChI=1S/C11H14N2S/c1-9-4-2-3-5-11(9)14-7-6-10(13)8-12/h2-5,10H,6-7,13H2,1H3. The lowest BCUT2D eigenvalue weighted by molar-refractivity contribution is 0.803. The summed E-state index contributed by atoms with van der Waals surface area (Å²) in [5.41, 5.74) is 6.78. The largest absolute Gasteiger partial charge is 0.316 e. The maximum atomic E-state index is 8.50. The van der Waals surface area contributed by atoms with Gasteiger partial charge in [0.1, 0.15) is 0 Å². The van der Waals surface area contributed by atoms with Crippen molar-refractivity contribution in [1.82, 2.24) is 0 Å². The van der Waals surface area contributed by atoms with Crippen molar-refractivity contribution in [3.8, 4) is 6.07 Å². The number of nitrogens with zero attached hydrogens (tertiary/aromatic N) is 1. The van der Waals surface area contributed by atoms with Gasteiger partial charge in [0, 0.05) is 10.6 Å². The van der Waals surface area contributed by atoms with E-state index in [-0.39, 0.29) is 6.04 Å². The van der Waals surface area contributed by atoms with E-state index in [9.17, 15) is 0 Å². The molecule has 0 aromatic heterocycles. The highest BCUT2D eigenvalue weighted by molar-refractivity contribution is 7.99. The Hall–Kier alpha value is -0.980. The third kappa shape index (κ3) is 3.41. The summed E-state index contributed by atoms with van der Waals surface area (Å²) in [5.74, 6) is 0.902. The molecule has 0 saturated heterocycles. The number of hydrogen-bond donors (Lipinski definition) is 1. The zero-order chi connectivity index (χ0) is 10.4. The van der Waals surface area contributed by atoms with Crippen molar-refractivity contribution >= 4 is 11.8 Å². The Kier molecular flexibility index (Phi) is 4.51. The van der Waals surface area contributed by atoms with E-state index in [0.29, 0.717) is 0 Å². The van der Waals surface area contributed by atoms with E-state index in [1.807, 2.05) is 18.2 Å². The first-order chi connectivity index (χ1) is 6.74. The third-order valence-electron chi connectivity index (χ3n) is 1.95. The molecule has 1 unspecified atom stereocenters. The van der Waals surface area contributed by atoms with Crippen LogP contribution in [0.3, 0.4) is 0 Å². The monoisotopic (exact) mass is 206 g/mol. The van der Waals surface area contributed by atoms with E-state index in [1.165, 1.54) is 10.5 Å². The number of hydrogen-bond acceptors (Lipinski definition) is 3. The minimum absolute atomic E-state index is 0.327. The average molecular weight is 206 g/mol. The molecule has 1 aromatic rings. The Balaban J connectivity index is 2.40. The van der Waals surface area contributed by atoms with Gasteiger partial charge in [0.25, 0.3) is 0 Å². The fraction of sp³-hybridized carbons (Fsp3) is 0.364. The van der Waals surface area contributed by atoms with Crippen LogP contribution in [-0.4, -0.2) is 11.8 Å². The maximum absolute atomic E-state index is 8.50. The smallest absolute Gasteiger partial charge is 0.0936 e. The van der Waals surface area contributed by atoms with Crippen LogP contribution in [0.1, 0.15) is 12.0 Å². The van der Waals surface area contributed by atoms with Crippen molar-refractivity contribution in [3.05, 3.63) is 29.8 Å². The summed E-state index contributed by atoms with van der Waals surface area (Å²) in [6.07, 6.45) is 0.746. The molecular weight excluding hydrogens is 192 g/mol. The second-order valence-electron chi connectivity index (χ2n) is 3.14. The Morgan fingerprint density at radius 1 is 1.50 bits per heavy atom. The van der Waals surface area contributed by atoms with Crippen molar-refractivity contribution in [3.63, 3.8) is 0 Å². The van der Waals surface area contributed by atoms with E-state index in [1.54, 1.807) is 11.8 Å². The lowest BCUT2D eigenvalue weighted by Gasteiger charge is -2.05. The van der Waals surface area contributed by atoms with Crippen molar-refractivity contribution < 1.29 is 0 Å². The van der Waals surface area contributed by atoms with Gasteiger partial charge in [-0.2, -0.15) is 5.26 Å². The van der Waals surface area contributed by atoms with E-state index in [4.69, 9.17) is 11.0 Å². The lowest BCUT2D eigenvalue weighted by Crippen LogP contribution is -2.17. The first-order valence-electron chi connectivity index (χ1n) is 4.57. The molecule has 3 heteroatoms. The molecule has 2 N–H and O–H groups in total. The van der Waals surface area contributed by atoms with Gasteiger partial charge in [-0.25, -0.2) is 0 Å². The second-order valence-corrected chi connectivity index (χ2v) is 4.27. The summed E-state index contributed by atoms with van der Waals surface area (Å²) >= 11 is 1.76. The minimum Gasteiger partial charge on any atom is -0.316 e. The number of thioether (sulfide) groups is 1. The van der Waals surface area contributed by atoms with Crippen molar-refractivity contribution in [2.45, 2.75) is 24.3 Å². The summed E-state index contributed by atoms with van der Waals surface area (Å²) in [6, 6.07) is 9.94. The quantitative estimate of drug-likeness (QED) is 0.769. The van der Waals surface area contributed by atoms with Crippen LogP contribution < -0.4 is 5.73 Å². The Labute approximate surface area is 89.1 Å². The first-order valence-corrected chi connectivity index (χ1v) is 5.56. The molecule has 0 amide bonds. The summed E-state index contributed by atoms with van der Waals surface area (Å²) in [7, 11) is 0. The predicted octanol–water partition coefficient (Wildman–Crippen LogP) is 2.33. The number of aryl methyl sites for hydroxylation is 1. The molecular formula is C11H14N2S. The van der Waals surface area contributed by atoms with Gasteiger partial charge in [0.05, 0.1) is 12.1 Å². The van der Waals surface area contributed by atoms with Crippen LogP contribution >= 0.6 is 11.8 Å². The number of nitriles is 1. The molecule has 0 radical (unpaired) electrons. The van der Waals surface area contributed by atoms with E-state index < -0.39 is 0 Å². The van der Waals surface area contributed by atoms with Crippen molar-refractivity contribution in [2.24, 2.45) is 5.73 Å². The first kappa shape index (κ1) is 11.1. The Morgan fingerprint density at radius 3 is 2.86 bits per heavy atom. The van der Waals surface area contributed by atoms with Crippen molar-refractivity contribution in [2.75, 3.05) is 5.75 Å². The molecule has 74 valence electrons. The summed E-state index contributed by atoms with van der Waals surface area (Å²) in [4.78, 5) is 1.28. The number of rotatable bonds is 4. The number of nitrogens with two attached hydrogens (primary N) is 1. The number of benzene rings is 1. The van der Waals surface area contributed by atoms with Gasteiger partial charge in [0.2, 0.25) is 0 Å². The second kappa shape index (κ2) is 5.69. The summed E-state index contributed by atoms with van der Waals surface area (Å²) in [6.45, 7) is 2.09. The van der Waals surface area contributed by atoms with Gasteiger partial charge in [-0.05, 0) is 25.0 Å². The SMILES string of the molecule is Cc1ccccc1SCCC(N)C#N. The fourth-order valence-corrected chi connectivity index (χ4v) is 2.14. The minimum atomic E-state index is -0.327. The topological polar surface area (TPSA) is 49.8 Å². The molecule has 0 aliphatic heterocycles. The molecule has 0 aliphatic rings. The molecule has 0 spiro atoms. The molecule has 0 saturated carbocycles. The molecule has 0 fully saturated rings. The zero-order valence-corrected chi connectivity index (χ0v) is 9.05. The van der Waals surface area contributed by atoms with Crippen LogP contribution in [0.2, 0.25) is 0 Å². The third-order valence-corrected chi connectivity index (χ3v) is 3.15. The molecule has 1 rings (SSSR count). The highest BCUT2D eigenvalue weighted by Gasteiger charge is 2.01. The Bertz CT molecular complexity index is 330. The average Bonchev–Trinajstić information content (AvgIpc) is 2.20. The zero-order valence-electron chi connectivity index (χ0n) is 8.23. The van der Waals surface area contributed by atoms with E-state index in [2.05, 4.69) is 19.1 Å². The van der Waals surface area contributed by atoms with Crippen LogP contribution in [-0.2, 0) is 0 Å². The van der Waals surface area contributed by atoms with E-state index >= 15 is 0 Å². The van der Waals surface area contributed by atoms with Crippen LogP contribution in [0.4, 0.5) is 0 Å². The lowest BCUT2D eigenvalue weighted by atomic mass is 10.2. The van der Waals surface area contributed by atoms with E-state index in [0.717, 1.165) is 12.2 Å². The van der Waals surface area contributed by atoms with Crippen LogP contribution in [0.5, 0.6) is 0 Å². The Morgan fingerprint density at radius 2 is 2.21 bits per heavy atom. The molecule has 2 nitrogen and oxygen atoms in total. The highest BCUT2D eigenvalue weighted by atomic mass is 32.2. The van der Waals surface area contributed by atoms with Gasteiger partial charge < -0.3 is 5.73 Å². The van der Waals surface area contributed by atoms with Gasteiger partial charge in [-0.1, -0.05) is 18.2 Å². The van der Waals surface area contributed by atoms with Gasteiger partial charge >= 0.3 is 0 Å².